The summed E-state index contributed by atoms with van der Waals surface area (Å²) in [5, 5.41) is 0. The lowest BCUT2D eigenvalue weighted by molar-refractivity contribution is 0.391. The Morgan fingerprint density at radius 3 is 2.42 bits per heavy atom. The van der Waals surface area contributed by atoms with Crippen molar-refractivity contribution < 1.29 is 9.46 Å². The summed E-state index contributed by atoms with van der Waals surface area (Å²) in [5.41, 5.74) is 0. The third-order valence-corrected chi connectivity index (χ3v) is 3.57. The van der Waals surface area contributed by atoms with Crippen molar-refractivity contribution in [3.05, 3.63) is 0 Å². The first kappa shape index (κ1) is 12.4. The van der Waals surface area contributed by atoms with Gasteiger partial charge in [0.15, 0.2) is 0 Å². The highest BCUT2D eigenvalue weighted by molar-refractivity contribution is 7.82. The van der Waals surface area contributed by atoms with Crippen LogP contribution >= 0.6 is 18.1 Å². The van der Waals surface area contributed by atoms with E-state index in [0.717, 1.165) is 12.8 Å². The minimum atomic E-state index is -3.50. The van der Waals surface area contributed by atoms with E-state index in [1.54, 1.807) is 7.05 Å². The van der Waals surface area contributed by atoms with Gasteiger partial charge in [0.2, 0.25) is 0 Å². The van der Waals surface area contributed by atoms with Crippen LogP contribution in [0.5, 0.6) is 0 Å². The SMILES string of the molecule is CCCCCCN(C)P(=O)(O)Cl. The van der Waals surface area contributed by atoms with E-state index in [2.05, 4.69) is 6.92 Å². The molecule has 0 rings (SSSR count). The maximum atomic E-state index is 10.8. The first-order chi connectivity index (χ1) is 5.48. The number of nitrogens with zero attached hydrogens (tertiary/aromatic N) is 1. The van der Waals surface area contributed by atoms with Crippen LogP contribution in [-0.2, 0) is 4.57 Å². The molecule has 0 saturated carbocycles. The van der Waals surface area contributed by atoms with E-state index in [9.17, 15) is 4.57 Å². The Bertz CT molecular complexity index is 159. The molecule has 0 aliphatic carbocycles. The topological polar surface area (TPSA) is 40.5 Å². The standard InChI is InChI=1S/C7H17ClNO2P/c1-3-4-5-6-7-9(2)12(8,10)11/h3-7H2,1-2H3,(H,10,11). The largest absolute Gasteiger partial charge is 0.360 e. The maximum Gasteiger partial charge on any atom is 0.360 e. The third kappa shape index (κ3) is 6.01. The lowest BCUT2D eigenvalue weighted by Crippen LogP contribution is -2.13. The molecule has 0 spiro atoms. The summed E-state index contributed by atoms with van der Waals surface area (Å²) >= 11 is 5.23. The Morgan fingerprint density at radius 1 is 1.42 bits per heavy atom. The zero-order chi connectivity index (χ0) is 9.61. The summed E-state index contributed by atoms with van der Waals surface area (Å²) in [5.74, 6) is 0. The minimum Gasteiger partial charge on any atom is -0.322 e. The quantitative estimate of drug-likeness (QED) is 0.545. The molecule has 1 unspecified atom stereocenters. The molecule has 0 bridgehead atoms. The minimum absolute atomic E-state index is 0.595. The van der Waals surface area contributed by atoms with E-state index in [-0.39, 0.29) is 0 Å². The fourth-order valence-corrected chi connectivity index (χ4v) is 1.51. The number of unbranched alkanes of at least 4 members (excludes halogenated alkanes) is 3. The van der Waals surface area contributed by atoms with Gasteiger partial charge in [-0.25, -0.2) is 4.67 Å². The Kier molecular flexibility index (Phi) is 6.20. The molecule has 0 aliphatic rings. The van der Waals surface area contributed by atoms with Gasteiger partial charge in [-0.2, -0.15) is 0 Å². The lowest BCUT2D eigenvalue weighted by atomic mass is 10.2. The van der Waals surface area contributed by atoms with Crippen molar-refractivity contribution in [3.8, 4) is 0 Å². The first-order valence-electron chi connectivity index (χ1n) is 4.22. The van der Waals surface area contributed by atoms with Gasteiger partial charge in [-0.3, -0.25) is 4.57 Å². The molecule has 0 fully saturated rings. The number of hydrogen-bond acceptors (Lipinski definition) is 1. The second kappa shape index (κ2) is 5.98. The molecule has 74 valence electrons. The van der Waals surface area contributed by atoms with Crippen LogP contribution in [0.3, 0.4) is 0 Å². The van der Waals surface area contributed by atoms with Crippen LogP contribution in [0.15, 0.2) is 0 Å². The zero-order valence-electron chi connectivity index (χ0n) is 7.66. The first-order valence-corrected chi connectivity index (χ1v) is 6.74. The Hall–Kier alpha value is 0.440. The summed E-state index contributed by atoms with van der Waals surface area (Å²) in [4.78, 5) is 8.89. The van der Waals surface area contributed by atoms with Crippen LogP contribution in [0.2, 0.25) is 0 Å². The van der Waals surface area contributed by atoms with Gasteiger partial charge >= 0.3 is 6.87 Å². The number of halogens is 1. The molecule has 12 heavy (non-hydrogen) atoms. The molecule has 0 aromatic heterocycles. The fourth-order valence-electron chi connectivity index (χ4n) is 0.891. The van der Waals surface area contributed by atoms with Crippen LogP contribution in [0, 0.1) is 0 Å². The van der Waals surface area contributed by atoms with Gasteiger partial charge in [-0.05, 0) is 24.7 Å². The summed E-state index contributed by atoms with van der Waals surface area (Å²) < 4.78 is 12.1. The smallest absolute Gasteiger partial charge is 0.322 e. The monoisotopic (exact) mass is 213 g/mol. The van der Waals surface area contributed by atoms with Crippen LogP contribution in [-0.4, -0.2) is 23.2 Å². The molecule has 0 heterocycles. The average Bonchev–Trinajstić information content (AvgIpc) is 1.96. The van der Waals surface area contributed by atoms with Gasteiger partial charge in [0.1, 0.15) is 0 Å². The van der Waals surface area contributed by atoms with Crippen molar-refractivity contribution in [3.63, 3.8) is 0 Å². The van der Waals surface area contributed by atoms with Gasteiger partial charge in [0, 0.05) is 6.54 Å². The molecule has 1 N–H and O–H groups in total. The van der Waals surface area contributed by atoms with Gasteiger partial charge in [-0.1, -0.05) is 26.2 Å². The third-order valence-electron chi connectivity index (χ3n) is 1.76. The van der Waals surface area contributed by atoms with Crippen molar-refractivity contribution in [2.75, 3.05) is 13.6 Å². The van der Waals surface area contributed by atoms with Crippen molar-refractivity contribution in [1.82, 2.24) is 4.67 Å². The summed E-state index contributed by atoms with van der Waals surface area (Å²) in [7, 11) is 1.57. The van der Waals surface area contributed by atoms with Crippen molar-refractivity contribution in [1.29, 1.82) is 0 Å². The van der Waals surface area contributed by atoms with Crippen LogP contribution in [0.4, 0.5) is 0 Å². The summed E-state index contributed by atoms with van der Waals surface area (Å²) in [6.07, 6.45) is 4.37. The van der Waals surface area contributed by atoms with Gasteiger partial charge in [-0.15, -0.1) is 0 Å². The molecule has 5 heteroatoms. The lowest BCUT2D eigenvalue weighted by Gasteiger charge is -2.16. The second-order valence-corrected chi connectivity index (χ2v) is 5.86. The molecule has 0 aliphatic heterocycles. The highest BCUT2D eigenvalue weighted by Gasteiger charge is 2.19. The van der Waals surface area contributed by atoms with Crippen LogP contribution in [0.1, 0.15) is 32.6 Å². The van der Waals surface area contributed by atoms with E-state index in [1.165, 1.54) is 17.5 Å². The normalized spacial score (nSPS) is 16.4. The second-order valence-electron chi connectivity index (χ2n) is 2.91. The molecule has 0 radical (unpaired) electrons. The highest BCUT2D eigenvalue weighted by Crippen LogP contribution is 2.49. The number of hydrogen-bond donors (Lipinski definition) is 1. The number of rotatable bonds is 6. The fraction of sp³-hybridized carbons (Fsp3) is 1.00. The van der Waals surface area contributed by atoms with Crippen molar-refractivity contribution in [2.45, 2.75) is 32.6 Å². The van der Waals surface area contributed by atoms with Crippen molar-refractivity contribution in [2.24, 2.45) is 0 Å². The van der Waals surface area contributed by atoms with E-state index >= 15 is 0 Å². The molecule has 0 aromatic carbocycles. The van der Waals surface area contributed by atoms with Crippen molar-refractivity contribution >= 4 is 18.1 Å². The highest BCUT2D eigenvalue weighted by atomic mass is 35.7. The molecule has 0 saturated heterocycles. The maximum absolute atomic E-state index is 10.8. The van der Waals surface area contributed by atoms with E-state index in [1.807, 2.05) is 0 Å². The molecule has 1 atom stereocenters. The predicted octanol–water partition coefficient (Wildman–Crippen LogP) is 2.84. The van der Waals surface area contributed by atoms with E-state index in [4.69, 9.17) is 16.1 Å². The summed E-state index contributed by atoms with van der Waals surface area (Å²) in [6, 6.07) is 0. The Balaban J connectivity index is 3.45. The van der Waals surface area contributed by atoms with Crippen LogP contribution in [0.25, 0.3) is 0 Å². The zero-order valence-corrected chi connectivity index (χ0v) is 9.31. The predicted molar refractivity (Wildman–Crippen MR) is 52.5 cm³/mol. The molecular formula is C7H17ClNO2P. The van der Waals surface area contributed by atoms with Gasteiger partial charge < -0.3 is 4.89 Å². The van der Waals surface area contributed by atoms with Gasteiger partial charge in [0.25, 0.3) is 0 Å². The van der Waals surface area contributed by atoms with E-state index in [0.29, 0.717) is 6.54 Å². The van der Waals surface area contributed by atoms with Gasteiger partial charge in [0.05, 0.1) is 0 Å². The van der Waals surface area contributed by atoms with Crippen LogP contribution < -0.4 is 0 Å². The molecule has 0 amide bonds. The molecule has 0 aromatic rings. The average molecular weight is 214 g/mol. The van der Waals surface area contributed by atoms with E-state index < -0.39 is 6.87 Å². The summed E-state index contributed by atoms with van der Waals surface area (Å²) in [6.45, 7) is -0.778. The Labute approximate surface area is 79.0 Å². The molecular weight excluding hydrogens is 197 g/mol. The molecule has 3 nitrogen and oxygen atoms in total. The Morgan fingerprint density at radius 2 is 2.00 bits per heavy atom.